The Morgan fingerprint density at radius 1 is 0.833 bits per heavy atom. The van der Waals surface area contributed by atoms with Crippen molar-refractivity contribution in [2.24, 2.45) is 11.5 Å². The third-order valence-corrected chi connectivity index (χ3v) is 3.64. The summed E-state index contributed by atoms with van der Waals surface area (Å²) >= 11 is 0. The van der Waals surface area contributed by atoms with Crippen molar-refractivity contribution in [3.05, 3.63) is 0 Å². The smallest absolute Gasteiger partial charge is 0.236 e. The number of hydrogen-bond acceptors (Lipinski definition) is 8. The Balaban J connectivity index is 3.82. The minimum Gasteiger partial charge on any atom is -0.356 e. The molecule has 0 rings (SSSR count). The average molecular weight is 216 g/mol. The van der Waals surface area contributed by atoms with Gasteiger partial charge in [-0.05, 0) is 21.6 Å². The molecular weight excluding hydrogens is 204 g/mol. The van der Waals surface area contributed by atoms with E-state index in [1.807, 2.05) is 0 Å². The molecule has 0 atom stereocenters. The fraction of sp³-hybridized carbons (Fsp3) is 1.00. The van der Waals surface area contributed by atoms with E-state index < -0.39 is 23.3 Å². The van der Waals surface area contributed by atoms with Gasteiger partial charge in [0.1, 0.15) is 0 Å². The molecular formula is C4H12N2O4S2. The van der Waals surface area contributed by atoms with Gasteiger partial charge in [0.05, 0.1) is 13.1 Å². The summed E-state index contributed by atoms with van der Waals surface area (Å²) in [6.45, 7) is -0.823. The molecule has 0 unspecified atom stereocenters. The highest BCUT2D eigenvalue weighted by Crippen LogP contribution is 2.38. The monoisotopic (exact) mass is 216 g/mol. The first-order chi connectivity index (χ1) is 5.33. The highest BCUT2D eigenvalue weighted by atomic mass is 33.1. The van der Waals surface area contributed by atoms with Gasteiger partial charge in [0.15, 0.2) is 0 Å². The van der Waals surface area contributed by atoms with Crippen molar-refractivity contribution < 1.29 is 20.4 Å². The Bertz CT molecular complexity index is 127. The molecule has 8 heteroatoms. The fourth-order valence-corrected chi connectivity index (χ4v) is 1.81. The highest BCUT2D eigenvalue weighted by molar-refractivity contribution is 8.77. The maximum atomic E-state index is 8.89. The van der Waals surface area contributed by atoms with Gasteiger partial charge in [-0.2, -0.15) is 0 Å². The fourth-order valence-electron chi connectivity index (χ4n) is 0.202. The van der Waals surface area contributed by atoms with Crippen molar-refractivity contribution in [3.63, 3.8) is 0 Å². The zero-order valence-electron chi connectivity index (χ0n) is 6.17. The predicted octanol–water partition coefficient (Wildman–Crippen LogP) is -2.44. The van der Waals surface area contributed by atoms with E-state index in [-0.39, 0.29) is 0 Å². The van der Waals surface area contributed by atoms with E-state index in [0.717, 1.165) is 0 Å². The number of rotatable bonds is 5. The van der Waals surface area contributed by atoms with Gasteiger partial charge in [-0.1, -0.05) is 0 Å². The van der Waals surface area contributed by atoms with Crippen LogP contribution in [-0.4, -0.2) is 43.8 Å². The van der Waals surface area contributed by atoms with Crippen molar-refractivity contribution in [3.8, 4) is 0 Å². The van der Waals surface area contributed by atoms with Crippen LogP contribution in [0.2, 0.25) is 0 Å². The molecule has 0 amide bonds. The zero-order valence-corrected chi connectivity index (χ0v) is 7.81. The number of hydrogen-bond donors (Lipinski definition) is 6. The lowest BCUT2D eigenvalue weighted by Crippen LogP contribution is -2.37. The largest absolute Gasteiger partial charge is 0.356 e. The normalized spacial score (nSPS) is 13.5. The first-order valence-corrected chi connectivity index (χ1v) is 5.14. The molecule has 0 saturated carbocycles. The van der Waals surface area contributed by atoms with Crippen LogP contribution >= 0.6 is 21.6 Å². The van der Waals surface area contributed by atoms with Gasteiger partial charge in [-0.25, -0.2) is 0 Å². The van der Waals surface area contributed by atoms with Crippen LogP contribution in [-0.2, 0) is 0 Å². The van der Waals surface area contributed by atoms with E-state index >= 15 is 0 Å². The molecule has 0 aliphatic carbocycles. The Morgan fingerprint density at radius 2 is 1.08 bits per heavy atom. The number of aliphatic hydroxyl groups is 4. The van der Waals surface area contributed by atoms with Crippen molar-refractivity contribution >= 4 is 21.6 Å². The molecule has 0 spiro atoms. The quantitative estimate of drug-likeness (QED) is 0.221. The van der Waals surface area contributed by atoms with Gasteiger partial charge in [-0.15, -0.1) is 0 Å². The Hall–Kier alpha value is 0.460. The molecule has 8 N–H and O–H groups in total. The van der Waals surface area contributed by atoms with Gasteiger partial charge in [0.25, 0.3) is 0 Å². The molecule has 0 radical (unpaired) electrons. The molecule has 0 heterocycles. The van der Waals surface area contributed by atoms with Crippen LogP contribution in [0.15, 0.2) is 0 Å². The maximum Gasteiger partial charge on any atom is 0.236 e. The summed E-state index contributed by atoms with van der Waals surface area (Å²) in [5.41, 5.74) is 9.90. The van der Waals surface area contributed by atoms with E-state index in [4.69, 9.17) is 31.9 Å². The molecule has 6 nitrogen and oxygen atoms in total. The molecule has 0 saturated heterocycles. The molecule has 0 aromatic rings. The second-order valence-electron chi connectivity index (χ2n) is 2.06. The maximum absolute atomic E-state index is 8.89. The van der Waals surface area contributed by atoms with Crippen LogP contribution in [0.3, 0.4) is 0 Å². The standard InChI is InChI=1S/C4H12N2O4S2/c5-1-3(7,8)11-12-4(9,10)2-6/h7-10H,1-2,5-6H2. The molecule has 0 fully saturated rings. The second-order valence-corrected chi connectivity index (χ2v) is 4.70. The third-order valence-electron chi connectivity index (χ3n) is 0.840. The van der Waals surface area contributed by atoms with E-state index in [9.17, 15) is 0 Å². The SMILES string of the molecule is NCC(O)(O)SSC(O)(O)CN. The van der Waals surface area contributed by atoms with Gasteiger partial charge >= 0.3 is 0 Å². The Morgan fingerprint density at radius 3 is 1.25 bits per heavy atom. The van der Waals surface area contributed by atoms with E-state index in [2.05, 4.69) is 0 Å². The van der Waals surface area contributed by atoms with E-state index in [1.165, 1.54) is 0 Å². The van der Waals surface area contributed by atoms with Crippen LogP contribution < -0.4 is 11.5 Å². The summed E-state index contributed by atoms with van der Waals surface area (Å²) in [6, 6.07) is 0. The predicted molar refractivity (Wildman–Crippen MR) is 47.6 cm³/mol. The first kappa shape index (κ1) is 12.5. The van der Waals surface area contributed by atoms with E-state index in [0.29, 0.717) is 21.6 Å². The van der Waals surface area contributed by atoms with Gasteiger partial charge < -0.3 is 31.9 Å². The summed E-state index contributed by atoms with van der Waals surface area (Å²) in [5.74, 6) is 0. The average Bonchev–Trinajstić information content (AvgIpc) is 2.02. The minimum atomic E-state index is -2.17. The first-order valence-electron chi connectivity index (χ1n) is 2.99. The molecule has 0 aliphatic heterocycles. The topological polar surface area (TPSA) is 133 Å². The second kappa shape index (κ2) is 4.63. The summed E-state index contributed by atoms with van der Waals surface area (Å²) < 4.78 is 0. The molecule has 0 aromatic heterocycles. The molecule has 12 heavy (non-hydrogen) atoms. The van der Waals surface area contributed by atoms with Gasteiger partial charge in [-0.3, -0.25) is 0 Å². The van der Waals surface area contributed by atoms with Crippen LogP contribution in [0.5, 0.6) is 0 Å². The van der Waals surface area contributed by atoms with Crippen molar-refractivity contribution in [2.75, 3.05) is 13.1 Å². The lowest BCUT2D eigenvalue weighted by atomic mass is 10.6. The van der Waals surface area contributed by atoms with E-state index in [1.54, 1.807) is 0 Å². The molecule has 0 bridgehead atoms. The molecule has 0 aliphatic rings. The minimum absolute atomic E-state index is 0.411. The van der Waals surface area contributed by atoms with Crippen LogP contribution in [0.1, 0.15) is 0 Å². The summed E-state index contributed by atoms with van der Waals surface area (Å²) in [5, 5.41) is 31.2. The van der Waals surface area contributed by atoms with Gasteiger partial charge in [0, 0.05) is 0 Å². The highest BCUT2D eigenvalue weighted by Gasteiger charge is 2.30. The summed E-state index contributed by atoms with van der Waals surface area (Å²) in [7, 11) is 0.866. The molecule has 74 valence electrons. The van der Waals surface area contributed by atoms with Crippen molar-refractivity contribution in [1.29, 1.82) is 0 Å². The Kier molecular flexibility index (Phi) is 4.81. The third kappa shape index (κ3) is 5.17. The molecule has 0 aromatic carbocycles. The van der Waals surface area contributed by atoms with Crippen LogP contribution in [0, 0.1) is 0 Å². The number of nitrogens with two attached hydrogens (primary N) is 2. The van der Waals surface area contributed by atoms with Crippen molar-refractivity contribution in [1.82, 2.24) is 0 Å². The Labute approximate surface area is 77.3 Å². The van der Waals surface area contributed by atoms with Gasteiger partial charge in [0.2, 0.25) is 10.2 Å². The lowest BCUT2D eigenvalue weighted by Gasteiger charge is -2.23. The van der Waals surface area contributed by atoms with Crippen LogP contribution in [0.4, 0.5) is 0 Å². The lowest BCUT2D eigenvalue weighted by molar-refractivity contribution is -0.0706. The summed E-state index contributed by atoms with van der Waals surface area (Å²) in [6.07, 6.45) is 0. The van der Waals surface area contributed by atoms with Crippen LogP contribution in [0.25, 0.3) is 0 Å². The summed E-state index contributed by atoms with van der Waals surface area (Å²) in [4.78, 5) is 0. The van der Waals surface area contributed by atoms with Crippen molar-refractivity contribution in [2.45, 2.75) is 10.2 Å². The zero-order chi connectivity index (χ0) is 9.83.